The van der Waals surface area contributed by atoms with E-state index in [1.165, 1.54) is 11.1 Å². The van der Waals surface area contributed by atoms with Crippen LogP contribution in [0.25, 0.3) is 10.9 Å². The predicted molar refractivity (Wildman–Crippen MR) is 60.6 cm³/mol. The zero-order valence-electron chi connectivity index (χ0n) is 8.99. The quantitative estimate of drug-likeness (QED) is 0.741. The molecular weight excluding hydrogens is 186 g/mol. The van der Waals surface area contributed by atoms with Gasteiger partial charge in [-0.05, 0) is 11.5 Å². The number of para-hydroxylation sites is 1. The smallest absolute Gasteiger partial charge is 0.0923 e. The van der Waals surface area contributed by atoms with Crippen molar-refractivity contribution in [3.8, 4) is 0 Å². The molecule has 1 aliphatic rings. The lowest BCUT2D eigenvalue weighted by atomic mass is 10.1. The van der Waals surface area contributed by atoms with Crippen LogP contribution in [0.2, 0.25) is 0 Å². The summed E-state index contributed by atoms with van der Waals surface area (Å²) in [5.74, 6) is 0.421. The third-order valence-electron chi connectivity index (χ3n) is 3.71. The molecule has 3 N–H and O–H groups in total. The molecule has 3 heteroatoms. The van der Waals surface area contributed by atoms with Crippen LogP contribution in [0.4, 0.5) is 0 Å². The maximum atomic E-state index is 6.08. The van der Waals surface area contributed by atoms with Gasteiger partial charge in [0.1, 0.15) is 0 Å². The third kappa shape index (κ3) is 1.07. The van der Waals surface area contributed by atoms with Crippen LogP contribution in [0.1, 0.15) is 25.5 Å². The molecule has 3 rings (SSSR count). The Morgan fingerprint density at radius 1 is 1.33 bits per heavy atom. The summed E-state index contributed by atoms with van der Waals surface area (Å²) in [6, 6.07) is 8.43. The molecule has 1 fully saturated rings. The van der Waals surface area contributed by atoms with Crippen molar-refractivity contribution < 1.29 is 0 Å². The molecule has 0 unspecified atom stereocenters. The number of nitrogens with zero attached hydrogens (tertiary/aromatic N) is 1. The fraction of sp³-hybridized carbons (Fsp3) is 0.417. The Kier molecular flexibility index (Phi) is 1.55. The normalized spacial score (nSPS) is 28.2. The van der Waals surface area contributed by atoms with E-state index in [1.54, 1.807) is 0 Å². The van der Waals surface area contributed by atoms with Gasteiger partial charge in [-0.2, -0.15) is 5.10 Å². The number of rotatable bonds is 1. The summed E-state index contributed by atoms with van der Waals surface area (Å²) in [6.45, 7) is 4.41. The second-order valence-electron chi connectivity index (χ2n) is 4.98. The van der Waals surface area contributed by atoms with Crippen molar-refractivity contribution >= 4 is 10.9 Å². The highest BCUT2D eigenvalue weighted by molar-refractivity contribution is 5.82. The van der Waals surface area contributed by atoms with Gasteiger partial charge in [-0.3, -0.25) is 5.10 Å². The van der Waals surface area contributed by atoms with Gasteiger partial charge in [0.05, 0.1) is 5.52 Å². The van der Waals surface area contributed by atoms with Crippen molar-refractivity contribution in [2.45, 2.75) is 25.8 Å². The van der Waals surface area contributed by atoms with Crippen molar-refractivity contribution in [2.75, 3.05) is 0 Å². The summed E-state index contributed by atoms with van der Waals surface area (Å²) < 4.78 is 0. The zero-order valence-corrected chi connectivity index (χ0v) is 8.99. The van der Waals surface area contributed by atoms with Crippen LogP contribution < -0.4 is 5.73 Å². The van der Waals surface area contributed by atoms with Crippen LogP contribution in [0.3, 0.4) is 0 Å². The summed E-state index contributed by atoms with van der Waals surface area (Å²) in [4.78, 5) is 0. The highest BCUT2D eigenvalue weighted by Gasteiger charge is 2.57. The number of hydrogen-bond donors (Lipinski definition) is 2. The first-order chi connectivity index (χ1) is 7.12. The topological polar surface area (TPSA) is 54.7 Å². The summed E-state index contributed by atoms with van der Waals surface area (Å²) in [5.41, 5.74) is 8.51. The maximum absolute atomic E-state index is 6.08. The predicted octanol–water partition coefficient (Wildman–Crippen LogP) is 2.01. The minimum atomic E-state index is 0.204. The zero-order chi connectivity index (χ0) is 10.6. The standard InChI is InChI=1S/C12H15N3/c1-12(2)9(11(12)13)10-7-5-3-4-6-8(7)14-15-10/h3-6,9,11H,13H2,1-2H3,(H,14,15)/t9-,11-/m1/s1. The van der Waals surface area contributed by atoms with Gasteiger partial charge >= 0.3 is 0 Å². The SMILES string of the molecule is CC1(C)[C@H](N)[C@H]1c1[nH]nc2ccccc12. The molecular formula is C12H15N3. The van der Waals surface area contributed by atoms with Gasteiger partial charge in [-0.25, -0.2) is 0 Å². The molecule has 1 aromatic heterocycles. The van der Waals surface area contributed by atoms with Crippen molar-refractivity contribution in [3.05, 3.63) is 30.0 Å². The minimum absolute atomic E-state index is 0.204. The molecule has 0 saturated heterocycles. The van der Waals surface area contributed by atoms with E-state index < -0.39 is 0 Å². The summed E-state index contributed by atoms with van der Waals surface area (Å²) >= 11 is 0. The summed E-state index contributed by atoms with van der Waals surface area (Å²) in [7, 11) is 0. The largest absolute Gasteiger partial charge is 0.327 e. The van der Waals surface area contributed by atoms with E-state index in [0.717, 1.165) is 5.52 Å². The molecule has 2 aromatic rings. The Morgan fingerprint density at radius 2 is 2.00 bits per heavy atom. The summed E-state index contributed by atoms with van der Waals surface area (Å²) in [6.07, 6.45) is 0. The van der Waals surface area contributed by atoms with Crippen LogP contribution in [0.15, 0.2) is 24.3 Å². The molecule has 2 atom stereocenters. The van der Waals surface area contributed by atoms with E-state index in [4.69, 9.17) is 5.73 Å². The van der Waals surface area contributed by atoms with Crippen molar-refractivity contribution in [2.24, 2.45) is 11.1 Å². The van der Waals surface area contributed by atoms with Gasteiger partial charge in [-0.15, -0.1) is 0 Å². The molecule has 1 saturated carbocycles. The Balaban J connectivity index is 2.14. The molecule has 1 heterocycles. The second-order valence-corrected chi connectivity index (χ2v) is 4.98. The highest BCUT2D eigenvalue weighted by Crippen LogP contribution is 2.57. The molecule has 78 valence electrons. The van der Waals surface area contributed by atoms with E-state index in [9.17, 15) is 0 Å². The van der Waals surface area contributed by atoms with Gasteiger partial charge < -0.3 is 5.73 Å². The van der Waals surface area contributed by atoms with Crippen LogP contribution in [0, 0.1) is 5.41 Å². The molecule has 3 nitrogen and oxygen atoms in total. The number of fused-ring (bicyclic) bond motifs is 1. The molecule has 15 heavy (non-hydrogen) atoms. The van der Waals surface area contributed by atoms with Crippen molar-refractivity contribution in [1.29, 1.82) is 0 Å². The lowest BCUT2D eigenvalue weighted by molar-refractivity contribution is 0.596. The Morgan fingerprint density at radius 3 is 2.67 bits per heavy atom. The minimum Gasteiger partial charge on any atom is -0.327 e. The van der Waals surface area contributed by atoms with Gasteiger partial charge in [0.15, 0.2) is 0 Å². The molecule has 0 aliphatic heterocycles. The highest BCUT2D eigenvalue weighted by atomic mass is 15.1. The molecule has 0 spiro atoms. The first-order valence-electron chi connectivity index (χ1n) is 5.31. The van der Waals surface area contributed by atoms with Crippen LogP contribution in [0.5, 0.6) is 0 Å². The number of hydrogen-bond acceptors (Lipinski definition) is 2. The summed E-state index contributed by atoms with van der Waals surface area (Å²) in [5, 5.41) is 8.64. The number of aromatic amines is 1. The number of aromatic nitrogens is 2. The number of nitrogens with two attached hydrogens (primary N) is 1. The molecule has 0 amide bonds. The monoisotopic (exact) mass is 201 g/mol. The average molecular weight is 201 g/mol. The van der Waals surface area contributed by atoms with Gasteiger partial charge in [0.2, 0.25) is 0 Å². The van der Waals surface area contributed by atoms with Gasteiger partial charge in [-0.1, -0.05) is 32.0 Å². The van der Waals surface area contributed by atoms with Crippen LogP contribution >= 0.6 is 0 Å². The molecule has 0 bridgehead atoms. The first-order valence-corrected chi connectivity index (χ1v) is 5.31. The Hall–Kier alpha value is -1.35. The van der Waals surface area contributed by atoms with Crippen LogP contribution in [-0.2, 0) is 0 Å². The third-order valence-corrected chi connectivity index (χ3v) is 3.71. The Bertz CT molecular complexity index is 512. The van der Waals surface area contributed by atoms with Crippen LogP contribution in [-0.4, -0.2) is 16.2 Å². The lowest BCUT2D eigenvalue weighted by Crippen LogP contribution is -2.06. The number of benzene rings is 1. The molecule has 1 aromatic carbocycles. The first kappa shape index (κ1) is 8.92. The Labute approximate surface area is 88.7 Å². The fourth-order valence-corrected chi connectivity index (χ4v) is 2.45. The van der Waals surface area contributed by atoms with E-state index in [-0.39, 0.29) is 11.5 Å². The van der Waals surface area contributed by atoms with Crippen molar-refractivity contribution in [1.82, 2.24) is 10.2 Å². The second kappa shape index (κ2) is 2.61. The van der Waals surface area contributed by atoms with E-state index in [0.29, 0.717) is 5.92 Å². The maximum Gasteiger partial charge on any atom is 0.0923 e. The molecule has 0 radical (unpaired) electrons. The average Bonchev–Trinajstić information content (AvgIpc) is 2.63. The lowest BCUT2D eigenvalue weighted by Gasteiger charge is -1.99. The van der Waals surface area contributed by atoms with E-state index in [1.807, 2.05) is 18.2 Å². The van der Waals surface area contributed by atoms with Gasteiger partial charge in [0, 0.05) is 23.0 Å². The van der Waals surface area contributed by atoms with E-state index >= 15 is 0 Å². The number of nitrogens with one attached hydrogen (secondary N) is 1. The number of H-pyrrole nitrogens is 1. The van der Waals surface area contributed by atoms with Crippen molar-refractivity contribution in [3.63, 3.8) is 0 Å². The van der Waals surface area contributed by atoms with E-state index in [2.05, 4.69) is 30.1 Å². The fourth-order valence-electron chi connectivity index (χ4n) is 2.45. The van der Waals surface area contributed by atoms with Gasteiger partial charge in [0.25, 0.3) is 0 Å². The molecule has 1 aliphatic carbocycles.